The van der Waals surface area contributed by atoms with Gasteiger partial charge in [-0.05, 0) is 35.2 Å². The van der Waals surface area contributed by atoms with Crippen molar-refractivity contribution >= 4 is 17.6 Å². The lowest BCUT2D eigenvalue weighted by atomic mass is 9.87. The number of hydrogen-bond donors (Lipinski definition) is 2. The van der Waals surface area contributed by atoms with Crippen molar-refractivity contribution < 1.29 is 9.59 Å². The number of anilines is 1. The van der Waals surface area contributed by atoms with Crippen LogP contribution in [-0.4, -0.2) is 33.5 Å². The molecule has 1 aromatic heterocycles. The van der Waals surface area contributed by atoms with Crippen LogP contribution in [0, 0.1) is 0 Å². The topological polar surface area (TPSA) is 78.1 Å². The van der Waals surface area contributed by atoms with Crippen LogP contribution in [-0.2, 0) is 18.4 Å². The Bertz CT molecular complexity index is 1060. The molecule has 30 heavy (non-hydrogen) atoms. The Kier molecular flexibility index (Phi) is 5.16. The van der Waals surface area contributed by atoms with E-state index >= 15 is 0 Å². The molecule has 2 N–H and O–H groups in total. The van der Waals surface area contributed by atoms with Gasteiger partial charge in [0.25, 0.3) is 11.8 Å². The van der Waals surface area contributed by atoms with Crippen LogP contribution in [0.2, 0.25) is 0 Å². The summed E-state index contributed by atoms with van der Waals surface area (Å²) in [5.41, 5.74) is 4.21. The smallest absolute Gasteiger partial charge is 0.256 e. The quantitative estimate of drug-likeness (QED) is 0.691. The molecule has 2 heterocycles. The van der Waals surface area contributed by atoms with Gasteiger partial charge in [0.05, 0.1) is 12.2 Å². The number of aromatic amines is 1. The number of carbonyl (C=O) groups excluding carboxylic acids is 2. The molecule has 2 amide bonds. The predicted octanol–water partition coefficient (Wildman–Crippen LogP) is 4.16. The summed E-state index contributed by atoms with van der Waals surface area (Å²) in [6.07, 6.45) is 0.653. The van der Waals surface area contributed by atoms with Gasteiger partial charge in [0.2, 0.25) is 0 Å². The predicted molar refractivity (Wildman–Crippen MR) is 117 cm³/mol. The standard InChI is InChI=1S/C24H26N4O2/c1-24(2,3)18-11-9-16(10-12-18)22(29)25-21-19-15-28(14-13-20(19)26-27-21)23(30)17-7-5-4-6-8-17/h4-12H,13-15H2,1-3H3,(H2,25,26,27,29). The van der Waals surface area contributed by atoms with Gasteiger partial charge in [-0.1, -0.05) is 51.1 Å². The molecule has 6 nitrogen and oxygen atoms in total. The fraction of sp³-hybridized carbons (Fsp3) is 0.292. The van der Waals surface area contributed by atoms with E-state index in [-0.39, 0.29) is 17.2 Å². The molecule has 0 atom stereocenters. The molecule has 0 saturated carbocycles. The van der Waals surface area contributed by atoms with E-state index in [2.05, 4.69) is 36.3 Å². The maximum atomic E-state index is 12.8. The van der Waals surface area contributed by atoms with Crippen molar-refractivity contribution in [3.8, 4) is 0 Å². The summed E-state index contributed by atoms with van der Waals surface area (Å²) in [6.45, 7) is 7.44. The minimum absolute atomic E-state index is 0.0162. The summed E-state index contributed by atoms with van der Waals surface area (Å²) in [6, 6.07) is 16.9. The summed E-state index contributed by atoms with van der Waals surface area (Å²) < 4.78 is 0. The Hall–Kier alpha value is -3.41. The highest BCUT2D eigenvalue weighted by Gasteiger charge is 2.27. The minimum Gasteiger partial charge on any atom is -0.334 e. The molecule has 0 spiro atoms. The third-order valence-corrected chi connectivity index (χ3v) is 5.48. The molecule has 1 aliphatic rings. The number of carbonyl (C=O) groups is 2. The monoisotopic (exact) mass is 402 g/mol. The fourth-order valence-corrected chi connectivity index (χ4v) is 3.64. The first-order valence-electron chi connectivity index (χ1n) is 10.2. The second-order valence-corrected chi connectivity index (χ2v) is 8.65. The Labute approximate surface area is 176 Å². The van der Waals surface area contributed by atoms with Gasteiger partial charge in [-0.2, -0.15) is 5.10 Å². The SMILES string of the molecule is CC(C)(C)c1ccc(C(=O)Nc2[nH]nc3c2CN(C(=O)c2ccccc2)CC3)cc1. The van der Waals surface area contributed by atoms with Crippen molar-refractivity contribution in [3.05, 3.63) is 82.5 Å². The molecule has 0 unspecified atom stereocenters. The summed E-state index contributed by atoms with van der Waals surface area (Å²) in [5, 5.41) is 10.2. The number of nitrogens with one attached hydrogen (secondary N) is 2. The highest BCUT2D eigenvalue weighted by molar-refractivity contribution is 6.04. The lowest BCUT2D eigenvalue weighted by Crippen LogP contribution is -2.36. The van der Waals surface area contributed by atoms with Gasteiger partial charge >= 0.3 is 0 Å². The zero-order valence-electron chi connectivity index (χ0n) is 17.5. The summed E-state index contributed by atoms with van der Waals surface area (Å²) >= 11 is 0. The Morgan fingerprint density at radius 1 is 1.00 bits per heavy atom. The van der Waals surface area contributed by atoms with Gasteiger partial charge in [-0.15, -0.1) is 0 Å². The van der Waals surface area contributed by atoms with Crippen molar-refractivity contribution in [3.63, 3.8) is 0 Å². The number of nitrogens with zero attached hydrogens (tertiary/aromatic N) is 2. The van der Waals surface area contributed by atoms with E-state index in [1.54, 1.807) is 4.90 Å². The van der Waals surface area contributed by atoms with Crippen molar-refractivity contribution in [2.45, 2.75) is 39.2 Å². The van der Waals surface area contributed by atoms with Gasteiger partial charge in [0.15, 0.2) is 0 Å². The maximum Gasteiger partial charge on any atom is 0.256 e. The van der Waals surface area contributed by atoms with E-state index in [0.717, 1.165) is 11.3 Å². The number of amides is 2. The normalized spacial score (nSPS) is 13.6. The van der Waals surface area contributed by atoms with E-state index in [4.69, 9.17) is 0 Å². The molecule has 1 aliphatic heterocycles. The Balaban J connectivity index is 1.49. The molecule has 3 aromatic rings. The van der Waals surface area contributed by atoms with E-state index in [9.17, 15) is 9.59 Å². The molecule has 6 heteroatoms. The molecular weight excluding hydrogens is 376 g/mol. The van der Waals surface area contributed by atoms with Crippen LogP contribution in [0.3, 0.4) is 0 Å². The van der Waals surface area contributed by atoms with Crippen LogP contribution in [0.1, 0.15) is 58.3 Å². The van der Waals surface area contributed by atoms with Crippen LogP contribution in [0.25, 0.3) is 0 Å². The van der Waals surface area contributed by atoms with E-state index in [1.807, 2.05) is 54.6 Å². The van der Waals surface area contributed by atoms with Crippen molar-refractivity contribution in [2.24, 2.45) is 0 Å². The highest BCUT2D eigenvalue weighted by atomic mass is 16.2. The molecule has 0 radical (unpaired) electrons. The first kappa shape index (κ1) is 19.9. The molecule has 4 rings (SSSR count). The molecular formula is C24H26N4O2. The number of hydrogen-bond acceptors (Lipinski definition) is 3. The summed E-state index contributed by atoms with van der Waals surface area (Å²) in [5.74, 6) is 0.339. The number of fused-ring (bicyclic) bond motifs is 1. The van der Waals surface area contributed by atoms with Gasteiger partial charge in [-0.25, -0.2) is 0 Å². The molecule has 0 bridgehead atoms. The van der Waals surface area contributed by atoms with Crippen LogP contribution < -0.4 is 5.32 Å². The second-order valence-electron chi connectivity index (χ2n) is 8.65. The minimum atomic E-state index is -0.201. The Morgan fingerprint density at radius 3 is 2.37 bits per heavy atom. The van der Waals surface area contributed by atoms with Crippen LogP contribution in [0.15, 0.2) is 54.6 Å². The van der Waals surface area contributed by atoms with Crippen LogP contribution in [0.5, 0.6) is 0 Å². The maximum absolute atomic E-state index is 12.8. The van der Waals surface area contributed by atoms with Crippen LogP contribution >= 0.6 is 0 Å². The Morgan fingerprint density at radius 2 is 1.70 bits per heavy atom. The molecule has 2 aromatic carbocycles. The number of benzene rings is 2. The number of aromatic nitrogens is 2. The van der Waals surface area contributed by atoms with E-state index < -0.39 is 0 Å². The first-order valence-corrected chi connectivity index (χ1v) is 10.2. The van der Waals surface area contributed by atoms with Gasteiger partial charge < -0.3 is 10.2 Å². The fourth-order valence-electron chi connectivity index (χ4n) is 3.64. The van der Waals surface area contributed by atoms with Gasteiger partial charge in [0, 0.05) is 29.7 Å². The summed E-state index contributed by atoms with van der Waals surface area (Å²) in [4.78, 5) is 27.4. The van der Waals surface area contributed by atoms with Crippen molar-refractivity contribution in [1.82, 2.24) is 15.1 Å². The van der Waals surface area contributed by atoms with E-state index in [0.29, 0.717) is 36.5 Å². The number of rotatable bonds is 3. The molecule has 0 saturated heterocycles. The van der Waals surface area contributed by atoms with E-state index in [1.165, 1.54) is 5.56 Å². The zero-order chi connectivity index (χ0) is 21.3. The third kappa shape index (κ3) is 3.99. The average molecular weight is 402 g/mol. The zero-order valence-corrected chi connectivity index (χ0v) is 17.5. The van der Waals surface area contributed by atoms with Crippen LogP contribution in [0.4, 0.5) is 5.82 Å². The third-order valence-electron chi connectivity index (χ3n) is 5.48. The van der Waals surface area contributed by atoms with Crippen molar-refractivity contribution in [2.75, 3.05) is 11.9 Å². The van der Waals surface area contributed by atoms with Gasteiger partial charge in [-0.3, -0.25) is 14.7 Å². The molecule has 0 aliphatic carbocycles. The largest absolute Gasteiger partial charge is 0.334 e. The van der Waals surface area contributed by atoms with Gasteiger partial charge in [0.1, 0.15) is 5.82 Å². The molecule has 154 valence electrons. The summed E-state index contributed by atoms with van der Waals surface area (Å²) in [7, 11) is 0. The highest BCUT2D eigenvalue weighted by Crippen LogP contribution is 2.26. The second kappa shape index (κ2) is 7.78. The first-order chi connectivity index (χ1) is 14.3. The molecule has 0 fully saturated rings. The van der Waals surface area contributed by atoms with Crippen molar-refractivity contribution in [1.29, 1.82) is 0 Å². The number of H-pyrrole nitrogens is 1. The average Bonchev–Trinajstić information content (AvgIpc) is 3.15. The lowest BCUT2D eigenvalue weighted by Gasteiger charge is -2.27. The lowest BCUT2D eigenvalue weighted by molar-refractivity contribution is 0.0734.